The highest BCUT2D eigenvalue weighted by Gasteiger charge is 2.27. The zero-order valence-electron chi connectivity index (χ0n) is 14.4. The summed E-state index contributed by atoms with van der Waals surface area (Å²) in [5.41, 5.74) is 0. The van der Waals surface area contributed by atoms with E-state index in [1.807, 2.05) is 22.7 Å². The van der Waals surface area contributed by atoms with Gasteiger partial charge in [0.1, 0.15) is 0 Å². The third-order valence-corrected chi connectivity index (χ3v) is 5.99. The van der Waals surface area contributed by atoms with E-state index in [1.165, 1.54) is 12.8 Å². The summed E-state index contributed by atoms with van der Waals surface area (Å²) in [4.78, 5) is 25.2. The minimum absolute atomic E-state index is 0.0933. The first-order chi connectivity index (χ1) is 11.8. The monoisotopic (exact) mass is 349 g/mol. The molecule has 24 heavy (non-hydrogen) atoms. The third-order valence-electron chi connectivity index (χ3n) is 4.76. The first-order valence-electron chi connectivity index (χ1n) is 8.95. The van der Waals surface area contributed by atoms with Crippen molar-refractivity contribution in [1.82, 2.24) is 20.2 Å². The number of anilines is 1. The molecular formula is C17H27N5OS. The number of piperazine rings is 1. The largest absolute Gasteiger partial charge is 0.337 e. The molecule has 1 aliphatic carbocycles. The molecule has 2 aliphatic rings. The Morgan fingerprint density at radius 3 is 2.71 bits per heavy atom. The van der Waals surface area contributed by atoms with Crippen LogP contribution < -0.4 is 10.2 Å². The van der Waals surface area contributed by atoms with Crippen molar-refractivity contribution in [3.63, 3.8) is 0 Å². The van der Waals surface area contributed by atoms with Crippen LogP contribution >= 0.6 is 11.8 Å². The standard InChI is InChI=1S/C17H27N5OS/c1-2-24-15-6-3-5-14(13-15)20-17(23)22-11-9-21(10-12-22)16-18-7-4-8-19-16/h4,7-8,14-15H,2-3,5-6,9-13H2,1H3,(H,20,23)/t14-,15+/m1/s1. The van der Waals surface area contributed by atoms with Crippen LogP contribution in [-0.4, -0.2) is 64.1 Å². The van der Waals surface area contributed by atoms with Crippen LogP contribution in [-0.2, 0) is 0 Å². The van der Waals surface area contributed by atoms with E-state index in [1.54, 1.807) is 12.4 Å². The summed E-state index contributed by atoms with van der Waals surface area (Å²) in [6.45, 7) is 5.24. The fourth-order valence-electron chi connectivity index (χ4n) is 3.49. The molecule has 0 spiro atoms. The summed E-state index contributed by atoms with van der Waals surface area (Å²) < 4.78 is 0. The summed E-state index contributed by atoms with van der Waals surface area (Å²) in [7, 11) is 0. The van der Waals surface area contributed by atoms with Crippen LogP contribution in [0.1, 0.15) is 32.6 Å². The molecule has 3 rings (SSSR count). The molecule has 2 atom stereocenters. The fraction of sp³-hybridized carbons (Fsp3) is 0.706. The lowest BCUT2D eigenvalue weighted by atomic mass is 9.95. The Balaban J connectivity index is 1.45. The van der Waals surface area contributed by atoms with Gasteiger partial charge in [0.2, 0.25) is 5.95 Å². The summed E-state index contributed by atoms with van der Waals surface area (Å²) in [6.07, 6.45) is 8.26. The lowest BCUT2D eigenvalue weighted by molar-refractivity contribution is 0.186. The molecule has 6 nitrogen and oxygen atoms in total. The van der Waals surface area contributed by atoms with E-state index in [9.17, 15) is 4.79 Å². The number of amides is 2. The molecule has 1 N–H and O–H groups in total. The van der Waals surface area contributed by atoms with Crippen molar-refractivity contribution in [1.29, 1.82) is 0 Å². The van der Waals surface area contributed by atoms with Crippen molar-refractivity contribution in [3.8, 4) is 0 Å². The van der Waals surface area contributed by atoms with Gasteiger partial charge in [-0.1, -0.05) is 13.3 Å². The van der Waals surface area contributed by atoms with Crippen LogP contribution in [0.25, 0.3) is 0 Å². The topological polar surface area (TPSA) is 61.4 Å². The number of hydrogen-bond acceptors (Lipinski definition) is 5. The number of nitrogens with zero attached hydrogens (tertiary/aromatic N) is 4. The summed E-state index contributed by atoms with van der Waals surface area (Å²) >= 11 is 2.03. The van der Waals surface area contributed by atoms with Crippen LogP contribution in [0.2, 0.25) is 0 Å². The quantitative estimate of drug-likeness (QED) is 0.904. The first kappa shape index (κ1) is 17.3. The highest BCUT2D eigenvalue weighted by atomic mass is 32.2. The van der Waals surface area contributed by atoms with Gasteiger partial charge in [0.05, 0.1) is 0 Å². The van der Waals surface area contributed by atoms with E-state index < -0.39 is 0 Å². The Morgan fingerprint density at radius 2 is 2.00 bits per heavy atom. The van der Waals surface area contributed by atoms with Gasteiger partial charge in [0.15, 0.2) is 0 Å². The molecule has 1 saturated carbocycles. The van der Waals surface area contributed by atoms with Crippen molar-refractivity contribution in [2.45, 2.75) is 43.9 Å². The number of urea groups is 1. The molecular weight excluding hydrogens is 322 g/mol. The van der Waals surface area contributed by atoms with Crippen LogP contribution in [0.4, 0.5) is 10.7 Å². The average molecular weight is 350 g/mol. The minimum atomic E-state index is 0.0933. The van der Waals surface area contributed by atoms with Gasteiger partial charge in [-0.2, -0.15) is 11.8 Å². The van der Waals surface area contributed by atoms with Crippen molar-refractivity contribution >= 4 is 23.7 Å². The summed E-state index contributed by atoms with van der Waals surface area (Å²) in [6, 6.07) is 2.25. The molecule has 1 aromatic rings. The second-order valence-electron chi connectivity index (χ2n) is 6.41. The minimum Gasteiger partial charge on any atom is -0.337 e. The number of carbonyl (C=O) groups excluding carboxylic acids is 1. The summed E-state index contributed by atoms with van der Waals surface area (Å²) in [5.74, 6) is 1.92. The zero-order valence-corrected chi connectivity index (χ0v) is 15.2. The number of hydrogen-bond donors (Lipinski definition) is 1. The highest BCUT2D eigenvalue weighted by molar-refractivity contribution is 7.99. The Kier molecular flexibility index (Phi) is 6.18. The molecule has 0 unspecified atom stereocenters. The molecule has 132 valence electrons. The van der Waals surface area contributed by atoms with Gasteiger partial charge >= 0.3 is 6.03 Å². The van der Waals surface area contributed by atoms with E-state index in [4.69, 9.17) is 0 Å². The van der Waals surface area contributed by atoms with Gasteiger partial charge in [-0.15, -0.1) is 0 Å². The molecule has 1 aliphatic heterocycles. The maximum absolute atomic E-state index is 12.5. The van der Waals surface area contributed by atoms with E-state index in [-0.39, 0.29) is 6.03 Å². The Labute approximate surface area is 148 Å². The normalized spacial score (nSPS) is 24.7. The third kappa shape index (κ3) is 4.53. The number of rotatable bonds is 4. The molecule has 2 fully saturated rings. The van der Waals surface area contributed by atoms with Gasteiger partial charge in [0, 0.05) is 49.9 Å². The van der Waals surface area contributed by atoms with Gasteiger partial charge < -0.3 is 15.1 Å². The Bertz CT molecular complexity index is 519. The number of thioether (sulfide) groups is 1. The fourth-order valence-corrected chi connectivity index (χ4v) is 4.67. The van der Waals surface area contributed by atoms with Crippen molar-refractivity contribution < 1.29 is 4.79 Å². The molecule has 2 heterocycles. The smallest absolute Gasteiger partial charge is 0.317 e. The highest BCUT2D eigenvalue weighted by Crippen LogP contribution is 2.28. The second-order valence-corrected chi connectivity index (χ2v) is 7.99. The SMILES string of the molecule is CCS[C@H]1CCC[C@@H](NC(=O)N2CCN(c3ncccn3)CC2)C1. The van der Waals surface area contributed by atoms with E-state index in [0.717, 1.165) is 50.7 Å². The van der Waals surface area contributed by atoms with E-state index in [2.05, 4.69) is 27.1 Å². The maximum atomic E-state index is 12.5. The number of nitrogens with one attached hydrogen (secondary N) is 1. The van der Waals surface area contributed by atoms with Crippen LogP contribution in [0.15, 0.2) is 18.5 Å². The number of carbonyl (C=O) groups is 1. The molecule has 7 heteroatoms. The maximum Gasteiger partial charge on any atom is 0.317 e. The Hall–Kier alpha value is -1.50. The van der Waals surface area contributed by atoms with Gasteiger partial charge in [-0.3, -0.25) is 0 Å². The second kappa shape index (κ2) is 8.55. The van der Waals surface area contributed by atoms with E-state index in [0.29, 0.717) is 11.3 Å². The van der Waals surface area contributed by atoms with E-state index >= 15 is 0 Å². The predicted molar refractivity (Wildman–Crippen MR) is 98.5 cm³/mol. The molecule has 1 aromatic heterocycles. The molecule has 0 bridgehead atoms. The van der Waals surface area contributed by atoms with Crippen LogP contribution in [0, 0.1) is 0 Å². The lowest BCUT2D eigenvalue weighted by Crippen LogP contribution is -2.54. The molecule has 0 aromatic carbocycles. The molecule has 1 saturated heterocycles. The molecule has 2 amide bonds. The van der Waals surface area contributed by atoms with Gasteiger partial charge in [-0.25, -0.2) is 14.8 Å². The van der Waals surface area contributed by atoms with Crippen molar-refractivity contribution in [3.05, 3.63) is 18.5 Å². The summed E-state index contributed by atoms with van der Waals surface area (Å²) in [5, 5.41) is 3.96. The van der Waals surface area contributed by atoms with Crippen molar-refractivity contribution in [2.24, 2.45) is 0 Å². The van der Waals surface area contributed by atoms with Gasteiger partial charge in [-0.05, 0) is 31.1 Å². The van der Waals surface area contributed by atoms with Crippen LogP contribution in [0.5, 0.6) is 0 Å². The predicted octanol–water partition coefficient (Wildman–Crippen LogP) is 2.37. The first-order valence-corrected chi connectivity index (χ1v) is 10.00. The zero-order chi connectivity index (χ0) is 16.8. The van der Waals surface area contributed by atoms with Crippen LogP contribution in [0.3, 0.4) is 0 Å². The van der Waals surface area contributed by atoms with Gasteiger partial charge in [0.25, 0.3) is 0 Å². The van der Waals surface area contributed by atoms with Crippen molar-refractivity contribution in [2.75, 3.05) is 36.8 Å². The Morgan fingerprint density at radius 1 is 1.25 bits per heavy atom. The average Bonchev–Trinajstić information content (AvgIpc) is 2.63. The molecule has 0 radical (unpaired) electrons. The number of aromatic nitrogens is 2. The lowest BCUT2D eigenvalue weighted by Gasteiger charge is -2.36.